The third-order valence-corrected chi connectivity index (χ3v) is 1.96. The maximum absolute atomic E-state index is 5.70. The molecule has 0 unspecified atom stereocenters. The highest BCUT2D eigenvalue weighted by Gasteiger charge is 1.95. The molecule has 1 radical (unpaired) electrons. The molecule has 69 valence electrons. The zero-order chi connectivity index (χ0) is 9.80. The van der Waals surface area contributed by atoms with Gasteiger partial charge in [-0.3, -0.25) is 0 Å². The second-order valence-electron chi connectivity index (χ2n) is 2.79. The average Bonchev–Trinajstić information content (AvgIpc) is 2.23. The van der Waals surface area contributed by atoms with Gasteiger partial charge < -0.3 is 4.74 Å². The first-order chi connectivity index (χ1) is 6.84. The lowest BCUT2D eigenvalue weighted by Gasteiger charge is -2.04. The van der Waals surface area contributed by atoms with Crippen LogP contribution in [-0.4, -0.2) is 0 Å². The van der Waals surface area contributed by atoms with Gasteiger partial charge in [0.2, 0.25) is 0 Å². The van der Waals surface area contributed by atoms with Crippen molar-refractivity contribution in [1.82, 2.24) is 0 Å². The summed E-state index contributed by atoms with van der Waals surface area (Å²) in [6.45, 7) is 0. The minimum Gasteiger partial charge on any atom is -0.457 e. The number of para-hydroxylation sites is 1. The molecule has 0 N–H and O–H groups in total. The molecule has 2 rings (SSSR count). The molecule has 0 aromatic heterocycles. The summed E-state index contributed by atoms with van der Waals surface area (Å²) >= 11 is 5.70. The van der Waals surface area contributed by atoms with Crippen molar-refractivity contribution in [2.45, 2.75) is 0 Å². The van der Waals surface area contributed by atoms with E-state index in [0.717, 1.165) is 11.5 Å². The lowest BCUT2D eigenvalue weighted by molar-refractivity contribution is 0.482. The normalized spacial score (nSPS) is 9.79. The molecule has 0 heterocycles. The van der Waals surface area contributed by atoms with E-state index >= 15 is 0 Å². The Labute approximate surface area is 87.9 Å². The molecule has 0 saturated carbocycles. The summed E-state index contributed by atoms with van der Waals surface area (Å²) in [5.41, 5.74) is 0. The molecule has 14 heavy (non-hydrogen) atoms. The minimum atomic E-state index is 0.588. The SMILES string of the molecule is Clc1[c]cc(Oc2ccccc2)cc1. The van der Waals surface area contributed by atoms with Gasteiger partial charge in [0.25, 0.3) is 0 Å². The van der Waals surface area contributed by atoms with E-state index in [1.165, 1.54) is 0 Å². The standard InChI is InChI=1S/C12H8ClO/c13-10-6-8-12(9-7-10)14-11-4-2-1-3-5-11/h1-6,8-9H. The van der Waals surface area contributed by atoms with E-state index in [2.05, 4.69) is 6.07 Å². The highest BCUT2D eigenvalue weighted by Crippen LogP contribution is 2.21. The predicted molar refractivity (Wildman–Crippen MR) is 56.8 cm³/mol. The first-order valence-electron chi connectivity index (χ1n) is 4.25. The number of ether oxygens (including phenoxy) is 1. The Morgan fingerprint density at radius 2 is 1.71 bits per heavy atom. The summed E-state index contributed by atoms with van der Waals surface area (Å²) in [4.78, 5) is 0. The molecule has 0 atom stereocenters. The Balaban J connectivity index is 2.16. The largest absolute Gasteiger partial charge is 0.457 e. The fourth-order valence-electron chi connectivity index (χ4n) is 1.08. The van der Waals surface area contributed by atoms with Crippen molar-refractivity contribution in [3.05, 3.63) is 59.6 Å². The van der Waals surface area contributed by atoms with Crippen molar-refractivity contribution >= 4 is 11.6 Å². The molecule has 2 aromatic rings. The summed E-state index contributed by atoms with van der Waals surface area (Å²) in [5.74, 6) is 1.55. The Morgan fingerprint density at radius 1 is 0.929 bits per heavy atom. The second-order valence-corrected chi connectivity index (χ2v) is 3.19. The van der Waals surface area contributed by atoms with Gasteiger partial charge >= 0.3 is 0 Å². The average molecular weight is 204 g/mol. The molecular weight excluding hydrogens is 196 g/mol. The van der Waals surface area contributed by atoms with Crippen molar-refractivity contribution in [2.75, 3.05) is 0 Å². The van der Waals surface area contributed by atoms with E-state index in [0.29, 0.717) is 5.02 Å². The van der Waals surface area contributed by atoms with Gasteiger partial charge in [0.15, 0.2) is 0 Å². The van der Waals surface area contributed by atoms with Crippen LogP contribution in [0.2, 0.25) is 5.02 Å². The maximum atomic E-state index is 5.70. The van der Waals surface area contributed by atoms with E-state index in [1.807, 2.05) is 36.4 Å². The monoisotopic (exact) mass is 203 g/mol. The van der Waals surface area contributed by atoms with Gasteiger partial charge in [-0.25, -0.2) is 0 Å². The van der Waals surface area contributed by atoms with Crippen molar-refractivity contribution in [2.24, 2.45) is 0 Å². The zero-order valence-corrected chi connectivity index (χ0v) is 8.16. The maximum Gasteiger partial charge on any atom is 0.128 e. The molecule has 0 spiro atoms. The van der Waals surface area contributed by atoms with Crippen LogP contribution in [0, 0.1) is 6.07 Å². The predicted octanol–water partition coefficient (Wildman–Crippen LogP) is 3.93. The summed E-state index contributed by atoms with van der Waals surface area (Å²) < 4.78 is 5.54. The third kappa shape index (κ3) is 2.27. The van der Waals surface area contributed by atoms with Crippen LogP contribution in [0.5, 0.6) is 11.5 Å². The van der Waals surface area contributed by atoms with Crippen LogP contribution in [-0.2, 0) is 0 Å². The second kappa shape index (κ2) is 4.16. The molecule has 0 aliphatic rings. The first kappa shape index (κ1) is 9.10. The zero-order valence-electron chi connectivity index (χ0n) is 7.41. The van der Waals surface area contributed by atoms with Crippen LogP contribution in [0.4, 0.5) is 0 Å². The number of hydrogen-bond acceptors (Lipinski definition) is 1. The van der Waals surface area contributed by atoms with Gasteiger partial charge in [-0.15, -0.1) is 0 Å². The Bertz CT molecular complexity index is 394. The number of rotatable bonds is 2. The van der Waals surface area contributed by atoms with Crippen LogP contribution < -0.4 is 4.74 Å². The molecule has 0 aliphatic carbocycles. The number of hydrogen-bond donors (Lipinski definition) is 0. The molecule has 0 amide bonds. The van der Waals surface area contributed by atoms with Crippen LogP contribution in [0.1, 0.15) is 0 Å². The van der Waals surface area contributed by atoms with Gasteiger partial charge in [-0.2, -0.15) is 0 Å². The summed E-state index contributed by atoms with van der Waals surface area (Å²) in [6.07, 6.45) is 0. The molecule has 0 fully saturated rings. The van der Waals surface area contributed by atoms with Gasteiger partial charge in [-0.05, 0) is 30.3 Å². The molecule has 2 aromatic carbocycles. The topological polar surface area (TPSA) is 9.23 Å². The summed E-state index contributed by atoms with van der Waals surface area (Å²) in [5, 5.41) is 0.588. The van der Waals surface area contributed by atoms with Gasteiger partial charge in [-0.1, -0.05) is 29.8 Å². The van der Waals surface area contributed by atoms with Gasteiger partial charge in [0.05, 0.1) is 0 Å². The highest BCUT2D eigenvalue weighted by atomic mass is 35.5. The quantitative estimate of drug-likeness (QED) is 0.719. The van der Waals surface area contributed by atoms with Crippen LogP contribution in [0.15, 0.2) is 48.5 Å². The Hall–Kier alpha value is -1.47. The summed E-state index contributed by atoms with van der Waals surface area (Å²) in [7, 11) is 0. The van der Waals surface area contributed by atoms with Crippen molar-refractivity contribution in [3.8, 4) is 11.5 Å². The van der Waals surface area contributed by atoms with E-state index in [9.17, 15) is 0 Å². The molecule has 2 heteroatoms. The Morgan fingerprint density at radius 3 is 2.36 bits per heavy atom. The smallest absolute Gasteiger partial charge is 0.128 e. The number of halogens is 1. The number of benzene rings is 2. The van der Waals surface area contributed by atoms with Crippen LogP contribution >= 0.6 is 11.6 Å². The lowest BCUT2D eigenvalue weighted by Crippen LogP contribution is -1.82. The molecule has 0 bridgehead atoms. The first-order valence-corrected chi connectivity index (χ1v) is 4.62. The van der Waals surface area contributed by atoms with Crippen LogP contribution in [0.25, 0.3) is 0 Å². The Kier molecular flexibility index (Phi) is 2.70. The fraction of sp³-hybridized carbons (Fsp3) is 0. The molecule has 0 aliphatic heterocycles. The van der Waals surface area contributed by atoms with E-state index < -0.39 is 0 Å². The van der Waals surface area contributed by atoms with Gasteiger partial charge in [0.1, 0.15) is 11.5 Å². The van der Waals surface area contributed by atoms with Crippen LogP contribution in [0.3, 0.4) is 0 Å². The van der Waals surface area contributed by atoms with Crippen molar-refractivity contribution in [1.29, 1.82) is 0 Å². The lowest BCUT2D eigenvalue weighted by atomic mass is 10.3. The van der Waals surface area contributed by atoms with Crippen molar-refractivity contribution < 1.29 is 4.74 Å². The minimum absolute atomic E-state index is 0.588. The van der Waals surface area contributed by atoms with E-state index in [1.54, 1.807) is 12.1 Å². The molecule has 1 nitrogen and oxygen atoms in total. The molecular formula is C12H8ClO. The molecule has 0 saturated heterocycles. The van der Waals surface area contributed by atoms with E-state index in [-0.39, 0.29) is 0 Å². The fourth-order valence-corrected chi connectivity index (χ4v) is 1.20. The summed E-state index contributed by atoms with van der Waals surface area (Å²) in [6, 6.07) is 17.7. The van der Waals surface area contributed by atoms with Gasteiger partial charge in [0, 0.05) is 11.1 Å². The third-order valence-electron chi connectivity index (χ3n) is 1.73. The highest BCUT2D eigenvalue weighted by molar-refractivity contribution is 6.30. The van der Waals surface area contributed by atoms with E-state index in [4.69, 9.17) is 16.3 Å². The van der Waals surface area contributed by atoms with Crippen molar-refractivity contribution in [3.63, 3.8) is 0 Å².